The van der Waals surface area contributed by atoms with Crippen LogP contribution >= 0.6 is 11.8 Å². The standard InChI is InChI=1S/C23H23N3O2S/c1-14-20(23(28)26-16-5-4-12-24-13-16)21(15-8-10-17(29-2)11-9-15)22-18(25-14)6-3-7-19(22)27/h4-5,8-13,21,25H,3,6-7H2,1-2H3,(H,26,28)/t21-/m1/s1. The zero-order valence-corrected chi connectivity index (χ0v) is 17.3. The summed E-state index contributed by atoms with van der Waals surface area (Å²) >= 11 is 1.67. The van der Waals surface area contributed by atoms with Crippen molar-refractivity contribution in [1.82, 2.24) is 10.3 Å². The average molecular weight is 406 g/mol. The van der Waals surface area contributed by atoms with E-state index in [0.717, 1.165) is 40.3 Å². The third kappa shape index (κ3) is 3.85. The molecular weight excluding hydrogens is 382 g/mol. The Morgan fingerprint density at radius 1 is 1.21 bits per heavy atom. The molecule has 1 atom stereocenters. The Morgan fingerprint density at radius 2 is 2.00 bits per heavy atom. The molecule has 0 spiro atoms. The Hall–Kier alpha value is -2.86. The van der Waals surface area contributed by atoms with Crippen molar-refractivity contribution in [3.63, 3.8) is 0 Å². The summed E-state index contributed by atoms with van der Waals surface area (Å²) in [4.78, 5) is 31.4. The van der Waals surface area contributed by atoms with Gasteiger partial charge in [0.25, 0.3) is 5.91 Å². The van der Waals surface area contributed by atoms with E-state index in [4.69, 9.17) is 0 Å². The molecule has 2 aromatic rings. The van der Waals surface area contributed by atoms with Gasteiger partial charge in [0.2, 0.25) is 0 Å². The molecule has 2 aliphatic rings. The van der Waals surface area contributed by atoms with E-state index in [0.29, 0.717) is 17.7 Å². The smallest absolute Gasteiger partial charge is 0.254 e. The van der Waals surface area contributed by atoms with E-state index < -0.39 is 0 Å². The first-order valence-corrected chi connectivity index (χ1v) is 10.9. The second kappa shape index (κ2) is 8.25. The van der Waals surface area contributed by atoms with Crippen LogP contribution in [0.1, 0.15) is 37.7 Å². The Morgan fingerprint density at radius 3 is 2.69 bits per heavy atom. The molecule has 1 aromatic carbocycles. The third-order valence-corrected chi connectivity index (χ3v) is 6.13. The predicted molar refractivity (Wildman–Crippen MR) is 116 cm³/mol. The molecule has 4 rings (SSSR count). The maximum absolute atomic E-state index is 13.3. The Labute approximate surface area is 174 Å². The molecule has 1 aliphatic carbocycles. The number of aromatic nitrogens is 1. The molecule has 0 fully saturated rings. The van der Waals surface area contributed by atoms with E-state index in [1.165, 1.54) is 0 Å². The number of allylic oxidation sites excluding steroid dienone is 3. The molecular formula is C23H23N3O2S. The molecule has 0 saturated carbocycles. The van der Waals surface area contributed by atoms with Gasteiger partial charge in [-0.3, -0.25) is 14.6 Å². The number of nitrogens with one attached hydrogen (secondary N) is 2. The van der Waals surface area contributed by atoms with E-state index in [-0.39, 0.29) is 17.6 Å². The highest BCUT2D eigenvalue weighted by Crippen LogP contribution is 2.42. The second-order valence-corrected chi connectivity index (χ2v) is 8.11. The van der Waals surface area contributed by atoms with Gasteiger partial charge in [0.15, 0.2) is 5.78 Å². The fourth-order valence-corrected chi connectivity index (χ4v) is 4.46. The highest BCUT2D eigenvalue weighted by Gasteiger charge is 2.38. The Balaban J connectivity index is 1.78. The monoisotopic (exact) mass is 405 g/mol. The van der Waals surface area contributed by atoms with Gasteiger partial charge in [0.1, 0.15) is 0 Å². The number of Topliss-reactive ketones (excluding diaryl/α,β-unsaturated/α-hetero) is 1. The second-order valence-electron chi connectivity index (χ2n) is 7.23. The maximum atomic E-state index is 13.3. The number of anilines is 1. The third-order valence-electron chi connectivity index (χ3n) is 5.39. The molecule has 1 amide bonds. The van der Waals surface area contributed by atoms with Crippen LogP contribution in [0.25, 0.3) is 0 Å². The van der Waals surface area contributed by atoms with Crippen LogP contribution in [0.3, 0.4) is 0 Å². The number of pyridine rings is 1. The summed E-state index contributed by atoms with van der Waals surface area (Å²) in [5.41, 5.74) is 4.65. The summed E-state index contributed by atoms with van der Waals surface area (Å²) in [5.74, 6) is -0.463. The minimum absolute atomic E-state index is 0.122. The van der Waals surface area contributed by atoms with Crippen molar-refractivity contribution in [2.24, 2.45) is 0 Å². The number of hydrogen-bond acceptors (Lipinski definition) is 5. The van der Waals surface area contributed by atoms with Crippen LogP contribution in [-0.4, -0.2) is 22.9 Å². The van der Waals surface area contributed by atoms with Crippen molar-refractivity contribution in [2.75, 3.05) is 11.6 Å². The average Bonchev–Trinajstić information content (AvgIpc) is 2.73. The van der Waals surface area contributed by atoms with Crippen LogP contribution in [-0.2, 0) is 9.59 Å². The van der Waals surface area contributed by atoms with E-state index in [9.17, 15) is 9.59 Å². The maximum Gasteiger partial charge on any atom is 0.254 e. The molecule has 2 heterocycles. The van der Waals surface area contributed by atoms with Gasteiger partial charge in [-0.1, -0.05) is 12.1 Å². The largest absolute Gasteiger partial charge is 0.362 e. The number of carbonyl (C=O) groups excluding carboxylic acids is 2. The van der Waals surface area contributed by atoms with Gasteiger partial charge >= 0.3 is 0 Å². The van der Waals surface area contributed by atoms with Crippen LogP contribution < -0.4 is 10.6 Å². The summed E-state index contributed by atoms with van der Waals surface area (Å²) in [7, 11) is 0. The van der Waals surface area contributed by atoms with Crippen molar-refractivity contribution in [3.05, 3.63) is 76.9 Å². The minimum Gasteiger partial charge on any atom is -0.362 e. The zero-order chi connectivity index (χ0) is 20.4. The van der Waals surface area contributed by atoms with E-state index in [1.807, 2.05) is 37.4 Å². The summed E-state index contributed by atoms with van der Waals surface area (Å²) < 4.78 is 0. The molecule has 6 heteroatoms. The van der Waals surface area contributed by atoms with Gasteiger partial charge in [0.05, 0.1) is 11.9 Å². The van der Waals surface area contributed by atoms with Gasteiger partial charge in [0, 0.05) is 46.0 Å². The fraction of sp³-hybridized carbons (Fsp3) is 0.261. The number of amides is 1. The minimum atomic E-state index is -0.369. The first-order chi connectivity index (χ1) is 14.1. The predicted octanol–water partition coefficient (Wildman–Crippen LogP) is 4.41. The molecule has 29 heavy (non-hydrogen) atoms. The summed E-state index contributed by atoms with van der Waals surface area (Å²) in [6.45, 7) is 1.91. The number of benzene rings is 1. The van der Waals surface area contributed by atoms with Crippen LogP contribution in [0.15, 0.2) is 76.2 Å². The molecule has 148 valence electrons. The quantitative estimate of drug-likeness (QED) is 0.738. The number of ketones is 1. The number of nitrogens with zero attached hydrogens (tertiary/aromatic N) is 1. The van der Waals surface area contributed by atoms with E-state index in [2.05, 4.69) is 15.6 Å². The van der Waals surface area contributed by atoms with E-state index in [1.54, 1.807) is 36.3 Å². The molecule has 0 radical (unpaired) electrons. The van der Waals surface area contributed by atoms with Crippen molar-refractivity contribution in [2.45, 2.75) is 37.0 Å². The Bertz CT molecular complexity index is 1010. The fourth-order valence-electron chi connectivity index (χ4n) is 4.05. The highest BCUT2D eigenvalue weighted by atomic mass is 32.2. The van der Waals surface area contributed by atoms with Crippen LogP contribution in [0.2, 0.25) is 0 Å². The van der Waals surface area contributed by atoms with Crippen LogP contribution in [0.4, 0.5) is 5.69 Å². The lowest BCUT2D eigenvalue weighted by Gasteiger charge is -2.34. The number of dihydropyridines is 1. The normalized spacial score (nSPS) is 19.0. The Kier molecular flexibility index (Phi) is 5.53. The number of hydrogen-bond donors (Lipinski definition) is 2. The van der Waals surface area contributed by atoms with E-state index >= 15 is 0 Å². The zero-order valence-electron chi connectivity index (χ0n) is 16.5. The van der Waals surface area contributed by atoms with Crippen LogP contribution in [0.5, 0.6) is 0 Å². The lowest BCUT2D eigenvalue weighted by molar-refractivity contribution is -0.116. The first kappa shape index (κ1) is 19.5. The number of carbonyl (C=O) groups is 2. The van der Waals surface area contributed by atoms with Crippen molar-refractivity contribution in [1.29, 1.82) is 0 Å². The van der Waals surface area contributed by atoms with Crippen LogP contribution in [0, 0.1) is 0 Å². The first-order valence-electron chi connectivity index (χ1n) is 9.68. The molecule has 1 aromatic heterocycles. The summed E-state index contributed by atoms with van der Waals surface area (Å²) in [6, 6.07) is 11.7. The lowest BCUT2D eigenvalue weighted by Crippen LogP contribution is -2.35. The van der Waals surface area contributed by atoms with Crippen molar-refractivity contribution in [3.8, 4) is 0 Å². The van der Waals surface area contributed by atoms with Gasteiger partial charge in [-0.25, -0.2) is 0 Å². The molecule has 0 saturated heterocycles. The van der Waals surface area contributed by atoms with Gasteiger partial charge in [-0.05, 0) is 55.9 Å². The lowest BCUT2D eigenvalue weighted by atomic mass is 9.75. The molecule has 2 N–H and O–H groups in total. The van der Waals surface area contributed by atoms with Crippen molar-refractivity contribution < 1.29 is 9.59 Å². The molecule has 1 aliphatic heterocycles. The van der Waals surface area contributed by atoms with Gasteiger partial charge in [-0.2, -0.15) is 0 Å². The topological polar surface area (TPSA) is 71.1 Å². The highest BCUT2D eigenvalue weighted by molar-refractivity contribution is 7.98. The molecule has 0 bridgehead atoms. The summed E-state index contributed by atoms with van der Waals surface area (Å²) in [5, 5.41) is 6.28. The van der Waals surface area contributed by atoms with Gasteiger partial charge in [-0.15, -0.1) is 11.8 Å². The SMILES string of the molecule is CSc1ccc([C@@H]2C(C(=O)Nc3cccnc3)=C(C)NC3=C2C(=O)CCC3)cc1. The van der Waals surface area contributed by atoms with Crippen molar-refractivity contribution >= 4 is 29.1 Å². The molecule has 0 unspecified atom stereocenters. The molecule has 5 nitrogen and oxygen atoms in total. The number of rotatable bonds is 4. The number of thioether (sulfide) groups is 1. The summed E-state index contributed by atoms with van der Waals surface area (Å²) in [6.07, 6.45) is 7.50. The van der Waals surface area contributed by atoms with Gasteiger partial charge < -0.3 is 10.6 Å².